The fourth-order valence-corrected chi connectivity index (χ4v) is 2.54. The highest BCUT2D eigenvalue weighted by atomic mass is 16.5. The summed E-state index contributed by atoms with van der Waals surface area (Å²) in [6, 6.07) is 0.268. The summed E-state index contributed by atoms with van der Waals surface area (Å²) in [6.07, 6.45) is 2.20. The average Bonchev–Trinajstić information content (AvgIpc) is 2.37. The summed E-state index contributed by atoms with van der Waals surface area (Å²) >= 11 is 0. The van der Waals surface area contributed by atoms with Crippen molar-refractivity contribution in [1.29, 1.82) is 0 Å². The van der Waals surface area contributed by atoms with Crippen LogP contribution in [0, 0.1) is 11.8 Å². The first-order chi connectivity index (χ1) is 8.44. The third-order valence-corrected chi connectivity index (χ3v) is 4.31. The van der Waals surface area contributed by atoms with Gasteiger partial charge in [0.15, 0.2) is 0 Å². The molecule has 0 aromatic heterocycles. The molecule has 0 amide bonds. The summed E-state index contributed by atoms with van der Waals surface area (Å²) in [7, 11) is 0. The maximum Gasteiger partial charge on any atom is 0.0616 e. The largest absolute Gasteiger partial charge is 0.396 e. The van der Waals surface area contributed by atoms with E-state index in [4.69, 9.17) is 10.5 Å². The quantitative estimate of drug-likeness (QED) is 0.668. The van der Waals surface area contributed by atoms with Crippen LogP contribution in [0.15, 0.2) is 0 Å². The summed E-state index contributed by atoms with van der Waals surface area (Å²) in [5, 5.41) is 12.9. The Morgan fingerprint density at radius 3 is 2.56 bits per heavy atom. The van der Waals surface area contributed by atoms with Crippen molar-refractivity contribution in [1.82, 2.24) is 5.32 Å². The van der Waals surface area contributed by atoms with Crippen molar-refractivity contribution in [3.05, 3.63) is 0 Å². The van der Waals surface area contributed by atoms with Gasteiger partial charge in [-0.3, -0.25) is 0 Å². The molecule has 4 unspecified atom stereocenters. The van der Waals surface area contributed by atoms with Crippen LogP contribution in [0.25, 0.3) is 0 Å². The first kappa shape index (κ1) is 15.9. The van der Waals surface area contributed by atoms with Crippen LogP contribution in [0.1, 0.15) is 40.5 Å². The van der Waals surface area contributed by atoms with Gasteiger partial charge in [-0.05, 0) is 31.6 Å². The van der Waals surface area contributed by atoms with Crippen LogP contribution < -0.4 is 11.1 Å². The van der Waals surface area contributed by atoms with Crippen molar-refractivity contribution in [2.45, 2.75) is 58.2 Å². The zero-order valence-electron chi connectivity index (χ0n) is 12.3. The molecular weight excluding hydrogens is 228 g/mol. The number of ether oxygens (including phenoxy) is 1. The predicted octanol–water partition coefficient (Wildman–Crippen LogP) is 1.13. The summed E-state index contributed by atoms with van der Waals surface area (Å²) in [4.78, 5) is 0. The third kappa shape index (κ3) is 3.92. The molecule has 0 aliphatic carbocycles. The van der Waals surface area contributed by atoms with Gasteiger partial charge in [-0.1, -0.05) is 20.8 Å². The Bertz CT molecular complexity index is 248. The van der Waals surface area contributed by atoms with E-state index >= 15 is 0 Å². The van der Waals surface area contributed by atoms with Crippen LogP contribution in [0.2, 0.25) is 0 Å². The van der Waals surface area contributed by atoms with Crippen molar-refractivity contribution in [3.63, 3.8) is 0 Å². The summed E-state index contributed by atoms with van der Waals surface area (Å²) in [5.74, 6) is 0.761. The standard InChI is InChI=1S/C14H30N2O2/c1-10(2)13-7-14(9-15,5-6-18-13)16-12(4)11(3)8-17/h10-13,16-17H,5-9,15H2,1-4H3. The lowest BCUT2D eigenvalue weighted by molar-refractivity contribution is -0.0533. The molecule has 1 fully saturated rings. The zero-order valence-corrected chi connectivity index (χ0v) is 12.3. The number of hydrogen-bond acceptors (Lipinski definition) is 4. The van der Waals surface area contributed by atoms with Gasteiger partial charge in [0.25, 0.3) is 0 Å². The highest BCUT2D eigenvalue weighted by Crippen LogP contribution is 2.29. The minimum Gasteiger partial charge on any atom is -0.396 e. The van der Waals surface area contributed by atoms with E-state index in [1.807, 2.05) is 0 Å². The van der Waals surface area contributed by atoms with Crippen LogP contribution in [0.5, 0.6) is 0 Å². The molecule has 0 aromatic carbocycles. The Hall–Kier alpha value is -0.160. The topological polar surface area (TPSA) is 67.5 Å². The molecule has 108 valence electrons. The number of nitrogens with one attached hydrogen (secondary N) is 1. The fraction of sp³-hybridized carbons (Fsp3) is 1.00. The van der Waals surface area contributed by atoms with E-state index < -0.39 is 0 Å². The van der Waals surface area contributed by atoms with Gasteiger partial charge >= 0.3 is 0 Å². The number of hydrogen-bond donors (Lipinski definition) is 3. The van der Waals surface area contributed by atoms with E-state index in [-0.39, 0.29) is 30.2 Å². The predicted molar refractivity (Wildman–Crippen MR) is 74.4 cm³/mol. The average molecular weight is 258 g/mol. The zero-order chi connectivity index (χ0) is 13.8. The van der Waals surface area contributed by atoms with Crippen molar-refractivity contribution in [2.24, 2.45) is 17.6 Å². The molecule has 1 saturated heterocycles. The number of aliphatic hydroxyl groups is 1. The second-order valence-corrected chi connectivity index (χ2v) is 6.18. The molecule has 1 aliphatic heterocycles. The molecule has 0 spiro atoms. The first-order valence-electron chi connectivity index (χ1n) is 7.14. The van der Waals surface area contributed by atoms with Crippen LogP contribution in [-0.2, 0) is 4.74 Å². The molecule has 0 bridgehead atoms. The van der Waals surface area contributed by atoms with Gasteiger partial charge in [0.2, 0.25) is 0 Å². The Balaban J connectivity index is 2.66. The molecule has 0 saturated carbocycles. The smallest absolute Gasteiger partial charge is 0.0616 e. The van der Waals surface area contributed by atoms with E-state index in [0.29, 0.717) is 12.5 Å². The van der Waals surface area contributed by atoms with Gasteiger partial charge in [-0.15, -0.1) is 0 Å². The number of nitrogens with two attached hydrogens (primary N) is 1. The van der Waals surface area contributed by atoms with E-state index in [2.05, 4.69) is 33.0 Å². The molecule has 4 heteroatoms. The molecule has 1 heterocycles. The lowest BCUT2D eigenvalue weighted by atomic mass is 9.82. The van der Waals surface area contributed by atoms with Crippen LogP contribution >= 0.6 is 0 Å². The molecule has 0 aromatic rings. The Labute approximate surface area is 111 Å². The minimum atomic E-state index is -0.0317. The molecule has 4 N–H and O–H groups in total. The van der Waals surface area contributed by atoms with E-state index in [1.165, 1.54) is 0 Å². The van der Waals surface area contributed by atoms with E-state index in [9.17, 15) is 5.11 Å². The molecular formula is C14H30N2O2. The summed E-state index contributed by atoms with van der Waals surface area (Å²) < 4.78 is 5.82. The van der Waals surface area contributed by atoms with Gasteiger partial charge in [0, 0.05) is 31.3 Å². The van der Waals surface area contributed by atoms with Crippen molar-refractivity contribution in [2.75, 3.05) is 19.8 Å². The Kier molecular flexibility index (Phi) is 6.05. The molecule has 4 atom stereocenters. The third-order valence-electron chi connectivity index (χ3n) is 4.31. The van der Waals surface area contributed by atoms with Gasteiger partial charge in [0.1, 0.15) is 0 Å². The normalized spacial score (nSPS) is 32.5. The van der Waals surface area contributed by atoms with Crippen molar-refractivity contribution >= 4 is 0 Å². The second kappa shape index (κ2) is 6.85. The SMILES string of the molecule is CC(C)C1CC(CN)(NC(C)C(C)CO)CCO1. The summed E-state index contributed by atoms with van der Waals surface area (Å²) in [6.45, 7) is 10.2. The maximum atomic E-state index is 9.24. The monoisotopic (exact) mass is 258 g/mol. The van der Waals surface area contributed by atoms with Crippen molar-refractivity contribution in [3.8, 4) is 0 Å². The highest BCUT2D eigenvalue weighted by Gasteiger charge is 2.38. The first-order valence-corrected chi connectivity index (χ1v) is 7.14. The molecule has 4 nitrogen and oxygen atoms in total. The lowest BCUT2D eigenvalue weighted by Crippen LogP contribution is -2.60. The number of rotatable bonds is 6. The second-order valence-electron chi connectivity index (χ2n) is 6.18. The number of aliphatic hydroxyl groups excluding tert-OH is 1. The van der Waals surface area contributed by atoms with Crippen LogP contribution in [0.3, 0.4) is 0 Å². The maximum absolute atomic E-state index is 9.24. The van der Waals surface area contributed by atoms with Gasteiger partial charge in [-0.25, -0.2) is 0 Å². The summed E-state index contributed by atoms with van der Waals surface area (Å²) in [5.41, 5.74) is 5.98. The fourth-order valence-electron chi connectivity index (χ4n) is 2.54. The van der Waals surface area contributed by atoms with Gasteiger partial charge in [0.05, 0.1) is 6.10 Å². The van der Waals surface area contributed by atoms with Gasteiger partial charge < -0.3 is 20.9 Å². The molecule has 1 rings (SSSR count). The Morgan fingerprint density at radius 2 is 2.06 bits per heavy atom. The van der Waals surface area contributed by atoms with Crippen molar-refractivity contribution < 1.29 is 9.84 Å². The molecule has 18 heavy (non-hydrogen) atoms. The van der Waals surface area contributed by atoms with E-state index in [0.717, 1.165) is 19.4 Å². The lowest BCUT2D eigenvalue weighted by Gasteiger charge is -2.44. The minimum absolute atomic E-state index is 0.0317. The molecule has 0 radical (unpaired) electrons. The van der Waals surface area contributed by atoms with E-state index in [1.54, 1.807) is 0 Å². The Morgan fingerprint density at radius 1 is 1.39 bits per heavy atom. The van der Waals surface area contributed by atoms with Crippen LogP contribution in [-0.4, -0.2) is 42.5 Å². The van der Waals surface area contributed by atoms with Crippen LogP contribution in [0.4, 0.5) is 0 Å². The van der Waals surface area contributed by atoms with Gasteiger partial charge in [-0.2, -0.15) is 0 Å². The molecule has 1 aliphatic rings. The highest BCUT2D eigenvalue weighted by molar-refractivity contribution is 4.97.